The summed E-state index contributed by atoms with van der Waals surface area (Å²) in [5, 5.41) is 14.3. The Bertz CT molecular complexity index is 1170. The summed E-state index contributed by atoms with van der Waals surface area (Å²) in [6.07, 6.45) is -0.457. The van der Waals surface area contributed by atoms with E-state index in [0.717, 1.165) is 11.3 Å². The Labute approximate surface area is 216 Å². The third-order valence-electron chi connectivity index (χ3n) is 5.89. The zero-order chi connectivity index (χ0) is 26.6. The number of aliphatic hydroxyl groups is 1. The molecule has 36 heavy (non-hydrogen) atoms. The van der Waals surface area contributed by atoms with Crippen LogP contribution in [0.2, 0.25) is 0 Å². The number of aliphatic hydroxyl groups excluding tert-OH is 1. The van der Waals surface area contributed by atoms with Crippen LogP contribution >= 0.6 is 11.3 Å². The quantitative estimate of drug-likeness (QED) is 0.474. The summed E-state index contributed by atoms with van der Waals surface area (Å²) in [7, 11) is -2.13. The van der Waals surface area contributed by atoms with Crippen molar-refractivity contribution in [2.75, 3.05) is 31.5 Å². The molecule has 2 heterocycles. The van der Waals surface area contributed by atoms with Crippen LogP contribution in [0.4, 0.5) is 10.5 Å². The third kappa shape index (κ3) is 6.48. The second kappa shape index (κ2) is 11.5. The van der Waals surface area contributed by atoms with Gasteiger partial charge in [0.2, 0.25) is 0 Å². The summed E-state index contributed by atoms with van der Waals surface area (Å²) in [6, 6.07) is 6.95. The normalized spacial score (nSPS) is 19.1. The van der Waals surface area contributed by atoms with Crippen LogP contribution in [-0.4, -0.2) is 80.2 Å². The van der Waals surface area contributed by atoms with Gasteiger partial charge in [-0.25, -0.2) is 13.2 Å². The van der Waals surface area contributed by atoms with Gasteiger partial charge in [-0.05, 0) is 50.4 Å². The number of nitrogens with zero attached hydrogens (tertiary/aromatic N) is 2. The molecule has 0 aliphatic carbocycles. The molecule has 0 saturated heterocycles. The van der Waals surface area contributed by atoms with Gasteiger partial charge < -0.3 is 25.0 Å². The van der Waals surface area contributed by atoms with Crippen LogP contribution in [-0.2, 0) is 10.0 Å². The number of hydrogen-bond donors (Lipinski definition) is 3. The Morgan fingerprint density at radius 2 is 2.03 bits per heavy atom. The average molecular weight is 539 g/mol. The fourth-order valence-electron chi connectivity index (χ4n) is 3.84. The summed E-state index contributed by atoms with van der Waals surface area (Å²) in [4.78, 5) is 29.1. The van der Waals surface area contributed by atoms with E-state index in [0.29, 0.717) is 0 Å². The van der Waals surface area contributed by atoms with Gasteiger partial charge in [-0.15, -0.1) is 11.3 Å². The molecule has 0 saturated carbocycles. The van der Waals surface area contributed by atoms with Crippen molar-refractivity contribution < 1.29 is 27.9 Å². The topological polar surface area (TPSA) is 128 Å². The minimum absolute atomic E-state index is 0.0220. The predicted molar refractivity (Wildman–Crippen MR) is 139 cm³/mol. The number of carbonyl (C=O) groups is 2. The molecular weight excluding hydrogens is 504 g/mol. The van der Waals surface area contributed by atoms with Crippen molar-refractivity contribution in [3.63, 3.8) is 0 Å². The van der Waals surface area contributed by atoms with E-state index < -0.39 is 22.2 Å². The van der Waals surface area contributed by atoms with E-state index in [1.807, 2.05) is 20.8 Å². The molecule has 3 amide bonds. The van der Waals surface area contributed by atoms with Crippen molar-refractivity contribution in [2.45, 2.75) is 50.1 Å². The second-order valence-electron chi connectivity index (χ2n) is 9.36. The number of amides is 3. The Morgan fingerprint density at radius 3 is 2.64 bits per heavy atom. The minimum atomic E-state index is -3.81. The number of sulfonamides is 1. The standard InChI is InChI=1S/C24H34N4O6S2/c1-15(2)25-24(31)27(5)13-21-16(3)12-28(17(4)14-29)23(30)19-11-18(8-9-20(19)34-21)26-36(32,33)22-7-6-10-35-22/h6-11,15-17,21,26,29H,12-14H2,1-5H3,(H,25,31)/t16-,17+,21+/m0/s1. The van der Waals surface area contributed by atoms with Crippen molar-refractivity contribution in [3.05, 3.63) is 41.3 Å². The van der Waals surface area contributed by atoms with Gasteiger partial charge >= 0.3 is 6.03 Å². The zero-order valence-corrected chi connectivity index (χ0v) is 22.7. The van der Waals surface area contributed by atoms with Crippen LogP contribution in [0.25, 0.3) is 0 Å². The van der Waals surface area contributed by atoms with Crippen molar-refractivity contribution in [2.24, 2.45) is 5.92 Å². The number of likely N-dealkylation sites (N-methyl/N-ethyl adjacent to an activating group) is 1. The molecule has 1 aromatic carbocycles. The number of fused-ring (bicyclic) bond motifs is 1. The van der Waals surface area contributed by atoms with Gasteiger partial charge in [-0.3, -0.25) is 9.52 Å². The SMILES string of the molecule is CC(C)NC(=O)N(C)C[C@H]1Oc2ccc(NS(=O)(=O)c3cccs3)cc2C(=O)N([C@H](C)CO)C[C@@H]1C. The fourth-order valence-corrected chi connectivity index (χ4v) is 5.88. The largest absolute Gasteiger partial charge is 0.487 e. The summed E-state index contributed by atoms with van der Waals surface area (Å²) in [5.41, 5.74) is 0.391. The van der Waals surface area contributed by atoms with Gasteiger partial charge in [0.25, 0.3) is 15.9 Å². The lowest BCUT2D eigenvalue weighted by molar-refractivity contribution is 0.0366. The van der Waals surface area contributed by atoms with E-state index in [1.54, 1.807) is 36.4 Å². The van der Waals surface area contributed by atoms with Crippen LogP contribution in [0.15, 0.2) is 39.9 Å². The molecule has 1 aromatic heterocycles. The van der Waals surface area contributed by atoms with Gasteiger partial charge in [-0.2, -0.15) is 0 Å². The molecule has 0 radical (unpaired) electrons. The molecular formula is C24H34N4O6S2. The Morgan fingerprint density at radius 1 is 1.31 bits per heavy atom. The average Bonchev–Trinajstić information content (AvgIpc) is 3.36. The number of hydrogen-bond acceptors (Lipinski definition) is 7. The number of urea groups is 1. The van der Waals surface area contributed by atoms with Gasteiger partial charge in [0.1, 0.15) is 16.1 Å². The molecule has 3 N–H and O–H groups in total. The Balaban J connectivity index is 1.95. The summed E-state index contributed by atoms with van der Waals surface area (Å²) < 4.78 is 34.3. The van der Waals surface area contributed by atoms with Crippen molar-refractivity contribution >= 4 is 39.0 Å². The number of nitrogens with one attached hydrogen (secondary N) is 2. The smallest absolute Gasteiger partial charge is 0.317 e. The van der Waals surface area contributed by atoms with Crippen LogP contribution < -0.4 is 14.8 Å². The number of carbonyl (C=O) groups excluding carboxylic acids is 2. The number of rotatable bonds is 8. The van der Waals surface area contributed by atoms with Crippen molar-refractivity contribution in [3.8, 4) is 5.75 Å². The Hall–Kier alpha value is -2.83. The molecule has 12 heteroatoms. The molecule has 0 bridgehead atoms. The predicted octanol–water partition coefficient (Wildman–Crippen LogP) is 2.82. The molecule has 0 unspecified atom stereocenters. The van der Waals surface area contributed by atoms with Gasteiger partial charge in [0, 0.05) is 31.2 Å². The van der Waals surface area contributed by atoms with Gasteiger partial charge in [0.15, 0.2) is 0 Å². The highest BCUT2D eigenvalue weighted by Crippen LogP contribution is 2.31. The van der Waals surface area contributed by atoms with Crippen LogP contribution in [0.3, 0.4) is 0 Å². The lowest BCUT2D eigenvalue weighted by Gasteiger charge is -2.38. The van der Waals surface area contributed by atoms with Gasteiger partial charge in [0.05, 0.1) is 24.8 Å². The molecule has 3 rings (SSSR count). The molecule has 10 nitrogen and oxygen atoms in total. The minimum Gasteiger partial charge on any atom is -0.487 e. The number of benzene rings is 1. The first kappa shape index (κ1) is 27.8. The molecule has 1 aliphatic rings. The summed E-state index contributed by atoms with van der Waals surface area (Å²) >= 11 is 1.09. The number of thiophene rings is 1. The van der Waals surface area contributed by atoms with Crippen LogP contribution in [0, 0.1) is 5.92 Å². The highest BCUT2D eigenvalue weighted by molar-refractivity contribution is 7.94. The first-order valence-electron chi connectivity index (χ1n) is 11.7. The first-order chi connectivity index (χ1) is 16.9. The monoisotopic (exact) mass is 538 g/mol. The molecule has 3 atom stereocenters. The van der Waals surface area contributed by atoms with Crippen LogP contribution in [0.1, 0.15) is 38.1 Å². The lowest BCUT2D eigenvalue weighted by atomic mass is 9.99. The number of ether oxygens (including phenoxy) is 1. The Kier molecular flexibility index (Phi) is 8.85. The molecule has 2 aromatic rings. The maximum Gasteiger partial charge on any atom is 0.317 e. The lowest BCUT2D eigenvalue weighted by Crippen LogP contribution is -2.51. The first-order valence-corrected chi connectivity index (χ1v) is 14.1. The zero-order valence-electron chi connectivity index (χ0n) is 21.1. The van der Waals surface area contributed by atoms with Crippen molar-refractivity contribution in [1.82, 2.24) is 15.1 Å². The van der Waals surface area contributed by atoms with E-state index in [4.69, 9.17) is 4.74 Å². The molecule has 198 valence electrons. The van der Waals surface area contributed by atoms with Gasteiger partial charge in [-0.1, -0.05) is 13.0 Å². The van der Waals surface area contributed by atoms with E-state index in [1.165, 1.54) is 23.1 Å². The summed E-state index contributed by atoms with van der Waals surface area (Å²) in [5.74, 6) is -0.259. The maximum absolute atomic E-state index is 13.5. The van der Waals surface area contributed by atoms with E-state index >= 15 is 0 Å². The highest BCUT2D eigenvalue weighted by atomic mass is 32.2. The van der Waals surface area contributed by atoms with Crippen LogP contribution in [0.5, 0.6) is 5.75 Å². The molecule has 0 spiro atoms. The summed E-state index contributed by atoms with van der Waals surface area (Å²) in [6.45, 7) is 7.74. The fraction of sp³-hybridized carbons (Fsp3) is 0.500. The number of anilines is 1. The van der Waals surface area contributed by atoms with E-state index in [2.05, 4.69) is 10.0 Å². The second-order valence-corrected chi connectivity index (χ2v) is 12.2. The van der Waals surface area contributed by atoms with E-state index in [9.17, 15) is 23.1 Å². The molecule has 1 aliphatic heterocycles. The highest BCUT2D eigenvalue weighted by Gasteiger charge is 2.34. The third-order valence-corrected chi connectivity index (χ3v) is 8.67. The van der Waals surface area contributed by atoms with E-state index in [-0.39, 0.29) is 64.8 Å². The maximum atomic E-state index is 13.5. The van der Waals surface area contributed by atoms with Crippen molar-refractivity contribution in [1.29, 1.82) is 0 Å². The molecule has 0 fully saturated rings.